The molecule has 5 nitrogen and oxygen atoms in total. The quantitative estimate of drug-likeness (QED) is 0.673. The summed E-state index contributed by atoms with van der Waals surface area (Å²) in [5.74, 6) is 0.465. The molecule has 22 heavy (non-hydrogen) atoms. The van der Waals surface area contributed by atoms with Gasteiger partial charge in [0.25, 0.3) is 5.91 Å². The van der Waals surface area contributed by atoms with E-state index in [1.807, 2.05) is 6.07 Å². The molecule has 1 heterocycles. The van der Waals surface area contributed by atoms with E-state index in [2.05, 4.69) is 10.5 Å². The summed E-state index contributed by atoms with van der Waals surface area (Å²) in [6.07, 6.45) is 4.70. The minimum Gasteiger partial charge on any atom is -0.507 e. The molecule has 3 rings (SSSR count). The van der Waals surface area contributed by atoms with Crippen molar-refractivity contribution in [3.8, 4) is 11.5 Å². The summed E-state index contributed by atoms with van der Waals surface area (Å²) < 4.78 is 5.08. The van der Waals surface area contributed by atoms with Gasteiger partial charge in [-0.3, -0.25) is 4.79 Å². The monoisotopic (exact) mass is 316 g/mol. The molecule has 0 radical (unpaired) electrons. The van der Waals surface area contributed by atoms with E-state index >= 15 is 0 Å². The van der Waals surface area contributed by atoms with E-state index in [0.717, 1.165) is 12.8 Å². The fourth-order valence-electron chi connectivity index (χ4n) is 2.42. The molecule has 0 fully saturated rings. The van der Waals surface area contributed by atoms with Crippen molar-refractivity contribution in [3.05, 3.63) is 45.1 Å². The normalized spacial score (nSPS) is 13.3. The van der Waals surface area contributed by atoms with E-state index < -0.39 is 0 Å². The highest BCUT2D eigenvalue weighted by atomic mass is 32.1. The average Bonchev–Trinajstić information content (AvgIpc) is 3.10. The molecule has 114 valence electrons. The van der Waals surface area contributed by atoms with Crippen molar-refractivity contribution < 1.29 is 14.6 Å². The zero-order valence-corrected chi connectivity index (χ0v) is 12.9. The van der Waals surface area contributed by atoms with E-state index in [4.69, 9.17) is 4.74 Å². The van der Waals surface area contributed by atoms with Gasteiger partial charge in [-0.25, -0.2) is 5.43 Å². The molecule has 0 saturated carbocycles. The smallest absolute Gasteiger partial charge is 0.281 e. The number of benzene rings is 1. The number of nitrogens with one attached hydrogen (secondary N) is 1. The predicted molar refractivity (Wildman–Crippen MR) is 86.1 cm³/mol. The third kappa shape index (κ3) is 2.96. The van der Waals surface area contributed by atoms with Gasteiger partial charge in [0, 0.05) is 10.4 Å². The second-order valence-corrected chi connectivity index (χ2v) is 6.17. The Balaban J connectivity index is 1.67. The lowest BCUT2D eigenvalue weighted by molar-refractivity contribution is 0.0959. The molecule has 6 heteroatoms. The molecule has 0 aliphatic heterocycles. The van der Waals surface area contributed by atoms with Gasteiger partial charge in [0.05, 0.1) is 18.2 Å². The molecule has 0 unspecified atom stereocenters. The molecular formula is C16H16N2O3S. The van der Waals surface area contributed by atoms with Gasteiger partial charge in [-0.2, -0.15) is 5.10 Å². The van der Waals surface area contributed by atoms with Gasteiger partial charge in [-0.15, -0.1) is 11.3 Å². The number of methoxy groups -OCH3 is 1. The molecule has 1 aliphatic rings. The molecule has 0 atom stereocenters. The molecule has 2 N–H and O–H groups in total. The zero-order chi connectivity index (χ0) is 15.5. The summed E-state index contributed by atoms with van der Waals surface area (Å²) in [7, 11) is 1.55. The van der Waals surface area contributed by atoms with Crippen LogP contribution in [0.4, 0.5) is 0 Å². The van der Waals surface area contributed by atoms with Gasteiger partial charge in [0.1, 0.15) is 11.5 Å². The first kappa shape index (κ1) is 14.6. The van der Waals surface area contributed by atoms with E-state index in [9.17, 15) is 9.90 Å². The lowest BCUT2D eigenvalue weighted by atomic mass is 10.2. The summed E-state index contributed by atoms with van der Waals surface area (Å²) in [5, 5.41) is 13.6. The molecule has 0 spiro atoms. The van der Waals surface area contributed by atoms with Gasteiger partial charge in [0.15, 0.2) is 0 Å². The number of rotatable bonds is 4. The number of thiophene rings is 1. The van der Waals surface area contributed by atoms with Crippen molar-refractivity contribution in [2.75, 3.05) is 7.11 Å². The summed E-state index contributed by atoms with van der Waals surface area (Å²) in [5.41, 5.74) is 4.25. The Morgan fingerprint density at radius 3 is 3.05 bits per heavy atom. The molecule has 0 saturated heterocycles. The third-order valence-corrected chi connectivity index (χ3v) is 4.81. The number of phenols is 1. The fourth-order valence-corrected chi connectivity index (χ4v) is 3.56. The second-order valence-electron chi connectivity index (χ2n) is 5.04. The van der Waals surface area contributed by atoms with Crippen LogP contribution in [0, 0.1) is 0 Å². The zero-order valence-electron chi connectivity index (χ0n) is 12.1. The first-order chi connectivity index (χ1) is 10.7. The van der Waals surface area contributed by atoms with Crippen molar-refractivity contribution >= 4 is 23.5 Å². The van der Waals surface area contributed by atoms with E-state index in [1.54, 1.807) is 19.2 Å². The van der Waals surface area contributed by atoms with Crippen LogP contribution in [0.5, 0.6) is 11.5 Å². The highest BCUT2D eigenvalue weighted by Gasteiger charge is 2.18. The van der Waals surface area contributed by atoms with Crippen LogP contribution in [0.3, 0.4) is 0 Å². The first-order valence-electron chi connectivity index (χ1n) is 6.99. The number of amides is 1. The molecule has 1 aromatic heterocycles. The van der Waals surface area contributed by atoms with Crippen LogP contribution in [-0.4, -0.2) is 24.3 Å². The fraction of sp³-hybridized carbons (Fsp3) is 0.250. The molecule has 0 bridgehead atoms. The van der Waals surface area contributed by atoms with Crippen molar-refractivity contribution in [3.63, 3.8) is 0 Å². The molecule has 1 aliphatic carbocycles. The largest absolute Gasteiger partial charge is 0.507 e. The maximum absolute atomic E-state index is 12.0. The van der Waals surface area contributed by atoms with E-state index in [1.165, 1.54) is 40.5 Å². The number of hydrogen-bond donors (Lipinski definition) is 2. The van der Waals surface area contributed by atoms with Crippen LogP contribution in [0.15, 0.2) is 29.4 Å². The van der Waals surface area contributed by atoms with Gasteiger partial charge in [-0.05, 0) is 49.1 Å². The summed E-state index contributed by atoms with van der Waals surface area (Å²) in [4.78, 5) is 14.0. The van der Waals surface area contributed by atoms with Crippen molar-refractivity contribution in [1.82, 2.24) is 5.43 Å². The lowest BCUT2D eigenvalue weighted by Gasteiger charge is -2.03. The number of ether oxygens (including phenoxy) is 1. The lowest BCUT2D eigenvalue weighted by Crippen LogP contribution is -2.16. The predicted octanol–water partition coefficient (Wildman–Crippen LogP) is 2.71. The van der Waals surface area contributed by atoms with Crippen LogP contribution >= 0.6 is 11.3 Å². The summed E-state index contributed by atoms with van der Waals surface area (Å²) >= 11 is 1.53. The summed E-state index contributed by atoms with van der Waals surface area (Å²) in [6.45, 7) is 0. The molecular weight excluding hydrogens is 300 g/mol. The number of fused-ring (bicyclic) bond motifs is 1. The third-order valence-electron chi connectivity index (χ3n) is 3.57. The van der Waals surface area contributed by atoms with E-state index in [-0.39, 0.29) is 11.7 Å². The Kier molecular flexibility index (Phi) is 4.11. The highest BCUT2D eigenvalue weighted by Crippen LogP contribution is 2.30. The second kappa shape index (κ2) is 6.19. The van der Waals surface area contributed by atoms with Gasteiger partial charge >= 0.3 is 0 Å². The number of carbonyl (C=O) groups is 1. The van der Waals surface area contributed by atoms with Gasteiger partial charge in [0.2, 0.25) is 0 Å². The minimum atomic E-state index is -0.224. The number of hydrogen-bond acceptors (Lipinski definition) is 5. The molecule has 1 amide bonds. The maximum Gasteiger partial charge on any atom is 0.281 e. The van der Waals surface area contributed by atoms with Crippen LogP contribution in [0.1, 0.15) is 32.1 Å². The van der Waals surface area contributed by atoms with Gasteiger partial charge < -0.3 is 9.84 Å². The Bertz CT molecular complexity index is 715. The Morgan fingerprint density at radius 1 is 1.41 bits per heavy atom. The Morgan fingerprint density at radius 2 is 2.27 bits per heavy atom. The average molecular weight is 316 g/mol. The summed E-state index contributed by atoms with van der Waals surface area (Å²) in [6, 6.07) is 6.76. The van der Waals surface area contributed by atoms with Crippen molar-refractivity contribution in [2.45, 2.75) is 19.3 Å². The first-order valence-corrected chi connectivity index (χ1v) is 7.81. The van der Waals surface area contributed by atoms with Crippen LogP contribution in [0.2, 0.25) is 0 Å². The van der Waals surface area contributed by atoms with Crippen molar-refractivity contribution in [1.29, 1.82) is 0 Å². The number of aryl methyl sites for hydroxylation is 2. The Labute approximate surface area is 132 Å². The number of hydrazone groups is 1. The topological polar surface area (TPSA) is 70.9 Å². The van der Waals surface area contributed by atoms with Crippen LogP contribution < -0.4 is 10.2 Å². The van der Waals surface area contributed by atoms with Gasteiger partial charge in [-0.1, -0.05) is 0 Å². The number of phenolic OH excluding ortho intramolecular Hbond substituents is 1. The Hall–Kier alpha value is -2.34. The van der Waals surface area contributed by atoms with Crippen LogP contribution in [0.25, 0.3) is 0 Å². The number of aromatic hydroxyl groups is 1. The number of nitrogens with zero attached hydrogens (tertiary/aromatic N) is 1. The molecule has 2 aromatic rings. The number of carbonyl (C=O) groups excluding carboxylic acids is 1. The minimum absolute atomic E-state index is 0.0777. The molecule has 1 aromatic carbocycles. The maximum atomic E-state index is 12.0. The van der Waals surface area contributed by atoms with Crippen LogP contribution in [-0.2, 0) is 12.8 Å². The highest BCUT2D eigenvalue weighted by molar-refractivity contribution is 7.14. The standard InChI is InChI=1S/C16H16N2O3S/c1-21-12-5-6-13(19)11(7-12)9-17-18-16(20)15-8-10-3-2-4-14(10)22-15/h5-9,19H,2-4H2,1H3,(H,18,20)/b17-9+. The van der Waals surface area contributed by atoms with E-state index in [0.29, 0.717) is 16.2 Å². The SMILES string of the molecule is COc1ccc(O)c(/C=N/NC(=O)c2cc3c(s2)CCC3)c1. The van der Waals surface area contributed by atoms with Crippen molar-refractivity contribution in [2.24, 2.45) is 5.10 Å².